The van der Waals surface area contributed by atoms with Gasteiger partial charge in [-0.3, -0.25) is 4.68 Å². The summed E-state index contributed by atoms with van der Waals surface area (Å²) in [4.78, 5) is 11.1. The summed E-state index contributed by atoms with van der Waals surface area (Å²) in [7, 11) is 0. The third kappa shape index (κ3) is 2.58. The van der Waals surface area contributed by atoms with Crippen molar-refractivity contribution in [3.8, 4) is 0 Å². The fourth-order valence-corrected chi connectivity index (χ4v) is 2.19. The van der Waals surface area contributed by atoms with Gasteiger partial charge in [0.1, 0.15) is 5.69 Å². The van der Waals surface area contributed by atoms with Crippen molar-refractivity contribution in [2.75, 3.05) is 0 Å². The van der Waals surface area contributed by atoms with E-state index >= 15 is 0 Å². The van der Waals surface area contributed by atoms with Gasteiger partial charge < -0.3 is 9.67 Å². The first-order valence-electron chi connectivity index (χ1n) is 5.16. The van der Waals surface area contributed by atoms with Crippen LogP contribution in [0.25, 0.3) is 0 Å². The third-order valence-corrected chi connectivity index (χ3v) is 2.95. The maximum absolute atomic E-state index is 11.1. The summed E-state index contributed by atoms with van der Waals surface area (Å²) in [6.07, 6.45) is 5.34. The highest BCUT2D eigenvalue weighted by molar-refractivity contribution is 9.10. The highest BCUT2D eigenvalue weighted by atomic mass is 79.9. The van der Waals surface area contributed by atoms with E-state index in [1.807, 2.05) is 19.2 Å². The molecule has 0 fully saturated rings. The van der Waals surface area contributed by atoms with E-state index in [-0.39, 0.29) is 11.7 Å². The Balaban J connectivity index is 2.24. The number of halogens is 1. The normalized spacial score (nSPS) is 12.6. The Morgan fingerprint density at radius 2 is 2.41 bits per heavy atom. The maximum atomic E-state index is 11.1. The molecule has 1 atom stereocenters. The molecule has 90 valence electrons. The number of carbonyl (C=O) groups is 1. The molecular weight excluding hydrogens is 286 g/mol. The van der Waals surface area contributed by atoms with Crippen molar-refractivity contribution in [3.63, 3.8) is 0 Å². The molecule has 2 heterocycles. The van der Waals surface area contributed by atoms with Gasteiger partial charge in [-0.1, -0.05) is 0 Å². The second kappa shape index (κ2) is 4.75. The summed E-state index contributed by atoms with van der Waals surface area (Å²) in [6.45, 7) is 2.59. The summed E-state index contributed by atoms with van der Waals surface area (Å²) in [5.74, 6) is -0.928. The average Bonchev–Trinajstić information content (AvgIpc) is 2.86. The van der Waals surface area contributed by atoms with Gasteiger partial charge >= 0.3 is 5.97 Å². The maximum Gasteiger partial charge on any atom is 0.352 e. The van der Waals surface area contributed by atoms with Crippen LogP contribution in [0.15, 0.2) is 35.2 Å². The lowest BCUT2D eigenvalue weighted by Crippen LogP contribution is -2.17. The van der Waals surface area contributed by atoms with E-state index in [4.69, 9.17) is 5.11 Å². The van der Waals surface area contributed by atoms with Crippen LogP contribution in [-0.2, 0) is 6.54 Å². The molecule has 0 aliphatic carbocycles. The molecule has 0 spiro atoms. The number of aromatic nitrogens is 3. The van der Waals surface area contributed by atoms with Crippen LogP contribution in [0, 0.1) is 0 Å². The summed E-state index contributed by atoms with van der Waals surface area (Å²) >= 11 is 3.29. The molecular formula is C11H12BrN3O2. The van der Waals surface area contributed by atoms with Gasteiger partial charge in [0.25, 0.3) is 0 Å². The quantitative estimate of drug-likeness (QED) is 0.943. The Bertz CT molecular complexity index is 519. The highest BCUT2D eigenvalue weighted by Crippen LogP contribution is 2.20. The largest absolute Gasteiger partial charge is 0.477 e. The molecule has 0 amide bonds. The molecule has 0 radical (unpaired) electrons. The van der Waals surface area contributed by atoms with Crippen LogP contribution in [-0.4, -0.2) is 25.4 Å². The van der Waals surface area contributed by atoms with E-state index in [1.165, 1.54) is 0 Å². The number of hydrogen-bond acceptors (Lipinski definition) is 2. The van der Waals surface area contributed by atoms with Crippen LogP contribution in [0.1, 0.15) is 23.5 Å². The summed E-state index contributed by atoms with van der Waals surface area (Å²) < 4.78 is 4.28. The first kappa shape index (κ1) is 11.9. The minimum atomic E-state index is -0.928. The lowest BCUT2D eigenvalue weighted by atomic mass is 10.3. The molecule has 0 aliphatic rings. The van der Waals surface area contributed by atoms with Gasteiger partial charge in [-0.2, -0.15) is 5.10 Å². The minimum absolute atomic E-state index is 0.0206. The van der Waals surface area contributed by atoms with Crippen molar-refractivity contribution >= 4 is 21.9 Å². The van der Waals surface area contributed by atoms with Gasteiger partial charge in [0.05, 0.1) is 12.6 Å². The van der Waals surface area contributed by atoms with E-state index in [1.54, 1.807) is 27.7 Å². The minimum Gasteiger partial charge on any atom is -0.477 e. The number of aromatic carboxylic acids is 1. The molecule has 1 unspecified atom stereocenters. The van der Waals surface area contributed by atoms with Crippen LogP contribution in [0.2, 0.25) is 0 Å². The molecule has 0 saturated carbocycles. The number of carboxylic acids is 1. The number of rotatable bonds is 4. The van der Waals surface area contributed by atoms with E-state index in [0.717, 1.165) is 4.47 Å². The Kier molecular flexibility index (Phi) is 3.33. The number of nitrogens with zero attached hydrogens (tertiary/aromatic N) is 3. The van der Waals surface area contributed by atoms with Crippen LogP contribution in [0.5, 0.6) is 0 Å². The predicted molar refractivity (Wildman–Crippen MR) is 66.0 cm³/mol. The van der Waals surface area contributed by atoms with Gasteiger partial charge in [0, 0.05) is 23.1 Å². The van der Waals surface area contributed by atoms with E-state index in [2.05, 4.69) is 21.0 Å². The third-order valence-electron chi connectivity index (χ3n) is 2.52. The Hall–Kier alpha value is -1.56. The predicted octanol–water partition coefficient (Wildman–Crippen LogP) is 2.41. The first-order chi connectivity index (χ1) is 8.08. The SMILES string of the molecule is CC(Cn1cccn1)n1cc(Br)cc1C(=O)O. The number of carboxylic acid groups (broad SMARTS) is 1. The molecule has 17 heavy (non-hydrogen) atoms. The molecule has 0 aromatic carbocycles. The highest BCUT2D eigenvalue weighted by Gasteiger charge is 2.16. The van der Waals surface area contributed by atoms with E-state index in [9.17, 15) is 4.79 Å². The van der Waals surface area contributed by atoms with Gasteiger partial charge in [0.2, 0.25) is 0 Å². The molecule has 2 aromatic rings. The van der Waals surface area contributed by atoms with E-state index in [0.29, 0.717) is 6.54 Å². The van der Waals surface area contributed by atoms with Crippen LogP contribution < -0.4 is 0 Å². The van der Waals surface area contributed by atoms with Crippen LogP contribution in [0.3, 0.4) is 0 Å². The fourth-order valence-electron chi connectivity index (χ4n) is 1.75. The second-order valence-corrected chi connectivity index (χ2v) is 4.75. The van der Waals surface area contributed by atoms with Crippen LogP contribution in [0.4, 0.5) is 0 Å². The average molecular weight is 298 g/mol. The Labute approximate surface area is 107 Å². The van der Waals surface area contributed by atoms with Crippen molar-refractivity contribution in [3.05, 3.63) is 40.9 Å². The lowest BCUT2D eigenvalue weighted by Gasteiger charge is -2.15. The number of hydrogen-bond donors (Lipinski definition) is 1. The standard InChI is InChI=1S/C11H12BrN3O2/c1-8(6-14-4-2-3-13-14)15-7-9(12)5-10(15)11(16)17/h2-5,7-8H,6H2,1H3,(H,16,17). The zero-order valence-electron chi connectivity index (χ0n) is 9.25. The lowest BCUT2D eigenvalue weighted by molar-refractivity contribution is 0.0682. The summed E-state index contributed by atoms with van der Waals surface area (Å²) in [5, 5.41) is 13.2. The fraction of sp³-hybridized carbons (Fsp3) is 0.273. The summed E-state index contributed by atoms with van der Waals surface area (Å²) in [5.41, 5.74) is 0.275. The zero-order valence-corrected chi connectivity index (χ0v) is 10.8. The molecule has 2 rings (SSSR count). The topological polar surface area (TPSA) is 60.0 Å². The molecule has 5 nitrogen and oxygen atoms in total. The Morgan fingerprint density at radius 1 is 1.65 bits per heavy atom. The van der Waals surface area contributed by atoms with Crippen molar-refractivity contribution in [1.82, 2.24) is 14.3 Å². The molecule has 6 heteroatoms. The molecule has 0 bridgehead atoms. The zero-order chi connectivity index (χ0) is 12.4. The van der Waals surface area contributed by atoms with Crippen molar-refractivity contribution in [2.24, 2.45) is 0 Å². The Morgan fingerprint density at radius 3 is 3.00 bits per heavy atom. The summed E-state index contributed by atoms with van der Waals surface area (Å²) in [6, 6.07) is 3.46. The van der Waals surface area contributed by atoms with Crippen molar-refractivity contribution < 1.29 is 9.90 Å². The molecule has 0 aliphatic heterocycles. The monoisotopic (exact) mass is 297 g/mol. The van der Waals surface area contributed by atoms with E-state index < -0.39 is 5.97 Å². The molecule has 2 aromatic heterocycles. The van der Waals surface area contributed by atoms with Crippen molar-refractivity contribution in [2.45, 2.75) is 19.5 Å². The smallest absolute Gasteiger partial charge is 0.352 e. The second-order valence-electron chi connectivity index (χ2n) is 3.83. The van der Waals surface area contributed by atoms with Gasteiger partial charge in [0.15, 0.2) is 0 Å². The van der Waals surface area contributed by atoms with Crippen LogP contribution >= 0.6 is 15.9 Å². The molecule has 1 N–H and O–H groups in total. The van der Waals surface area contributed by atoms with Gasteiger partial charge in [-0.25, -0.2) is 4.79 Å². The van der Waals surface area contributed by atoms with Crippen molar-refractivity contribution in [1.29, 1.82) is 0 Å². The first-order valence-corrected chi connectivity index (χ1v) is 5.95. The molecule has 0 saturated heterocycles. The van der Waals surface area contributed by atoms with Gasteiger partial charge in [-0.05, 0) is 35.0 Å². The van der Waals surface area contributed by atoms with Gasteiger partial charge in [-0.15, -0.1) is 0 Å².